The Morgan fingerprint density at radius 2 is 1.09 bits per heavy atom. The number of pyridine rings is 3. The van der Waals surface area contributed by atoms with Gasteiger partial charge in [-0.15, -0.1) is 67.1 Å². The second-order valence-electron chi connectivity index (χ2n) is 16.5. The zero-order valence-electron chi connectivity index (χ0n) is 44.8. The molecule has 440 valence electrons. The molecule has 6 heterocycles. The van der Waals surface area contributed by atoms with E-state index in [0.29, 0.717) is 63.6 Å². The molecule has 2 aliphatic carbocycles. The predicted molar refractivity (Wildman–Crippen MR) is 315 cm³/mol. The monoisotopic (exact) mass is 1180 g/mol. The Bertz CT molecular complexity index is 2850. The highest BCUT2D eigenvalue weighted by Crippen LogP contribution is 2.26. The first-order valence-corrected chi connectivity index (χ1v) is 26.9. The van der Waals surface area contributed by atoms with Gasteiger partial charge in [0.05, 0.1) is 51.9 Å². The smallest absolute Gasteiger partial charge is 0.337 e. The molecule has 8 N–H and O–H groups in total. The van der Waals surface area contributed by atoms with Crippen molar-refractivity contribution in [1.29, 1.82) is 0 Å². The number of aliphatic imine (C=N–C) groups is 2. The van der Waals surface area contributed by atoms with Gasteiger partial charge in [-0.25, -0.2) is 29.7 Å². The number of carboxylic acid groups (broad SMARTS) is 1. The number of nitrogen functional groups attached to an aromatic ring is 1. The Kier molecular flexibility index (Phi) is 37.3. The third-order valence-electron chi connectivity index (χ3n) is 10.7. The molecule has 8 rings (SSSR count). The van der Waals surface area contributed by atoms with Crippen molar-refractivity contribution in [2.45, 2.75) is 131 Å². The summed E-state index contributed by atoms with van der Waals surface area (Å²) in [5.41, 5.74) is 9.08. The molecule has 0 saturated heterocycles. The molecule has 0 aromatic carbocycles. The van der Waals surface area contributed by atoms with Crippen LogP contribution in [-0.2, 0) is 24.1 Å². The second-order valence-corrected chi connectivity index (χ2v) is 19.8. The van der Waals surface area contributed by atoms with Crippen molar-refractivity contribution in [3.8, 4) is 12.8 Å². The van der Waals surface area contributed by atoms with Crippen molar-refractivity contribution >= 4 is 73.2 Å². The van der Waals surface area contributed by atoms with Gasteiger partial charge in [-0.3, -0.25) is 35.2 Å². The number of aliphatic hydroxyl groups excluding tert-OH is 2. The topological polar surface area (TPSA) is 380 Å². The standard InChI is InChI=1S/C13H22N2.C12H12N4O4S.C12H13N3O2S.C6H10N2OS.C6H5NO2.C2H2.2CH4.HNO3/c1-3-7-12(8-4-1)14-11-15-13-9-5-2-6-10-13;1-8-10(4-6-20-16(18)19)21-12(14-8)15-11(17)9-3-2-5-13-7-9;1-8-10(4-6-16)18-12(14-8)15-11(17)9-3-2-5-13-7-9;1-4-5(2-3-9)10-6(7)8-4;8-6(9)5-2-1-3-7-4-5;1-2;;;2-1(3)4/h12-13H,1-10H2;2-3,5,7H,4,6H2,1H3,(H,14,15,17);2-3,5,7,16H,4,6H2,1H3,(H,14,15,17);9H,2-3H2,1H3,(H2,7,8);1-4H,(H,8,9);1-2H;2*1H4;(H,2,3,4)/i;;;;;1D;;;. The fraction of sp³-hybridized carbons (Fsp3) is 0.434. The number of amides is 2. The van der Waals surface area contributed by atoms with Crippen molar-refractivity contribution in [3.05, 3.63) is 142 Å². The molecule has 0 aliphatic heterocycles. The van der Waals surface area contributed by atoms with Crippen LogP contribution in [0.3, 0.4) is 0 Å². The highest BCUT2D eigenvalue weighted by molar-refractivity contribution is 7.16. The molecule has 0 spiro atoms. The van der Waals surface area contributed by atoms with Crippen LogP contribution in [0, 0.1) is 53.8 Å². The minimum absolute atomic E-state index is 0. The van der Waals surface area contributed by atoms with Gasteiger partial charge in [0.1, 0.15) is 7.98 Å². The highest BCUT2D eigenvalue weighted by atomic mass is 32.1. The number of hydrogen-bond acceptors (Lipinski definition) is 22. The zero-order chi connectivity index (χ0) is 59.1. The zero-order valence-corrected chi connectivity index (χ0v) is 46.3. The number of anilines is 3. The number of hydrogen-bond donors (Lipinski definition) is 7. The van der Waals surface area contributed by atoms with Gasteiger partial charge in [-0.1, -0.05) is 53.4 Å². The summed E-state index contributed by atoms with van der Waals surface area (Å²) < 4.78 is 5.74. The molecule has 0 radical (unpaired) electrons. The third kappa shape index (κ3) is 31.3. The number of aryl methyl sites for hydroxylation is 3. The summed E-state index contributed by atoms with van der Waals surface area (Å²) in [7, 11) is 0. The van der Waals surface area contributed by atoms with Crippen LogP contribution in [0.25, 0.3) is 0 Å². The number of nitrogens with two attached hydrogens (primary N) is 1. The van der Waals surface area contributed by atoms with E-state index in [9.17, 15) is 24.5 Å². The van der Waals surface area contributed by atoms with Crippen molar-refractivity contribution in [1.82, 2.24) is 29.9 Å². The minimum atomic E-state index is -1.50. The molecule has 6 aromatic heterocycles. The van der Waals surface area contributed by atoms with Gasteiger partial charge in [0.25, 0.3) is 22.0 Å². The number of nitrogens with one attached hydrogen (secondary N) is 2. The molecule has 0 bridgehead atoms. The quantitative estimate of drug-likeness (QED) is 0.0217. The molecule has 6 aromatic rings. The number of aromatic carboxylic acids is 1. The number of terminal acetylenes is 1. The van der Waals surface area contributed by atoms with Crippen LogP contribution in [0.1, 0.15) is 143 Å². The lowest BCUT2D eigenvalue weighted by Gasteiger charge is -2.17. The summed E-state index contributed by atoms with van der Waals surface area (Å²) in [4.78, 5) is 92.4. The van der Waals surface area contributed by atoms with Crippen LogP contribution in [0.5, 0.6) is 0 Å². The molecule has 2 amide bonds. The van der Waals surface area contributed by atoms with E-state index in [1.54, 1.807) is 49.6 Å². The lowest BCUT2D eigenvalue weighted by molar-refractivity contribution is -0.757. The lowest BCUT2D eigenvalue weighted by Crippen LogP contribution is -2.11. The fourth-order valence-corrected chi connectivity index (χ4v) is 9.67. The summed E-state index contributed by atoms with van der Waals surface area (Å²) in [5.74, 6) is -1.47. The number of thiazole rings is 3. The van der Waals surface area contributed by atoms with Crippen molar-refractivity contribution in [2.75, 3.05) is 36.2 Å². The summed E-state index contributed by atoms with van der Waals surface area (Å²) in [6.07, 6.45) is 29.6. The van der Waals surface area contributed by atoms with Gasteiger partial charge < -0.3 is 31.1 Å². The number of carbonyl (C=O) groups excluding carboxylic acids is 2. The Morgan fingerprint density at radius 3 is 1.41 bits per heavy atom. The van der Waals surface area contributed by atoms with Crippen LogP contribution in [0.4, 0.5) is 15.4 Å². The van der Waals surface area contributed by atoms with Crippen LogP contribution in [0.15, 0.2) is 83.6 Å². The summed E-state index contributed by atoms with van der Waals surface area (Å²) in [6, 6.07) is 13.8. The van der Waals surface area contributed by atoms with Crippen molar-refractivity contribution in [3.63, 3.8) is 0 Å². The highest BCUT2D eigenvalue weighted by Gasteiger charge is 2.15. The van der Waals surface area contributed by atoms with Crippen molar-refractivity contribution in [2.24, 2.45) is 9.98 Å². The molecule has 0 atom stereocenters. The largest absolute Gasteiger partial charge is 0.478 e. The number of carbonyl (C=O) groups is 3. The maximum Gasteiger partial charge on any atom is 0.337 e. The Morgan fingerprint density at radius 1 is 0.716 bits per heavy atom. The molecule has 2 saturated carbocycles. The maximum absolute atomic E-state index is 11.9. The Hall–Kier alpha value is -8.19. The normalized spacial score (nSPS) is 12.1. The van der Waals surface area contributed by atoms with E-state index in [1.165, 1.54) is 135 Å². The van der Waals surface area contributed by atoms with Gasteiger partial charge in [-0.05, 0) is 82.9 Å². The first-order valence-electron chi connectivity index (χ1n) is 25.0. The second kappa shape index (κ2) is 42.7. The van der Waals surface area contributed by atoms with Gasteiger partial charge in [0, 0.05) is 84.3 Å². The van der Waals surface area contributed by atoms with Crippen LogP contribution in [-0.4, -0.2) is 116 Å². The fourth-order valence-electron chi connectivity index (χ4n) is 6.96. The lowest BCUT2D eigenvalue weighted by atomic mass is 9.96. The molecular formula is C53H73N13O12S3. The molecule has 81 heavy (non-hydrogen) atoms. The maximum atomic E-state index is 11.9. The molecular weight excluding hydrogens is 1110 g/mol. The minimum Gasteiger partial charge on any atom is -0.478 e. The van der Waals surface area contributed by atoms with E-state index in [1.807, 2.05) is 13.8 Å². The average Bonchev–Trinajstić information content (AvgIpc) is 4.16. The average molecular weight is 1180 g/mol. The number of aliphatic hydroxyl groups is 2. The molecule has 28 heteroatoms. The van der Waals surface area contributed by atoms with Crippen LogP contribution >= 0.6 is 34.0 Å². The number of nitrogens with zero attached hydrogens (tertiary/aromatic N) is 10. The molecule has 0 unspecified atom stereocenters. The SMILES string of the molecule is C.C.C(=NC1CCCCC1)=NC1CCCCC1.Cc1nc(N)sc1CCO.Cc1nc(NC(=O)c2cccnc2)sc1CCO.Cc1nc(NC(=O)c2cccnc2)sc1CCO[N+](=O)[O-].O=C(O)c1cccnc1.O=[N+]([O-])O.[2H]C#C. The first-order chi connectivity index (χ1) is 38.4. The predicted octanol–water partition coefficient (Wildman–Crippen LogP) is 9.83. The molecule has 2 fully saturated rings. The van der Waals surface area contributed by atoms with E-state index in [2.05, 4.69) is 67.8 Å². The summed E-state index contributed by atoms with van der Waals surface area (Å²) in [6.45, 7) is 5.75. The molecule has 2 aliphatic rings. The summed E-state index contributed by atoms with van der Waals surface area (Å²) >= 11 is 4.10. The van der Waals surface area contributed by atoms with Gasteiger partial charge in [0.15, 0.2) is 15.4 Å². The Balaban J connectivity index is 0.000000990. The van der Waals surface area contributed by atoms with Gasteiger partial charge in [-0.2, -0.15) is 0 Å². The van der Waals surface area contributed by atoms with E-state index < -0.39 is 16.1 Å². The van der Waals surface area contributed by atoms with Crippen LogP contribution < -0.4 is 16.4 Å². The summed E-state index contributed by atoms with van der Waals surface area (Å²) in [5, 5.41) is 55.7. The van der Waals surface area contributed by atoms with Crippen molar-refractivity contribution < 1.29 is 51.3 Å². The van der Waals surface area contributed by atoms with Crippen LogP contribution in [0.2, 0.25) is 0 Å². The van der Waals surface area contributed by atoms with E-state index >= 15 is 0 Å². The number of carboxylic acids is 1. The first kappa shape index (κ1) is 70.8. The van der Waals surface area contributed by atoms with E-state index in [0.717, 1.165) is 26.0 Å². The number of rotatable bonds is 15. The van der Waals surface area contributed by atoms with E-state index in [-0.39, 0.29) is 52.1 Å². The van der Waals surface area contributed by atoms with Gasteiger partial charge >= 0.3 is 5.97 Å². The number of aromatic nitrogens is 6. The third-order valence-corrected chi connectivity index (χ3v) is 14.0. The Labute approximate surface area is 484 Å². The van der Waals surface area contributed by atoms with E-state index in [4.69, 9.17) is 37.7 Å². The van der Waals surface area contributed by atoms with Gasteiger partial charge in [0.2, 0.25) is 0 Å². The molecule has 25 nitrogen and oxygen atoms in total.